The smallest absolute Gasteiger partial charge is 0.273 e. The van der Waals surface area contributed by atoms with Crippen LogP contribution in [0.5, 0.6) is 0 Å². The number of carbonyl (C=O) groups is 2. The molecule has 0 fully saturated rings. The molecule has 6 heteroatoms. The molecule has 140 valence electrons. The van der Waals surface area contributed by atoms with Crippen LogP contribution in [0.4, 0.5) is 0 Å². The molecule has 1 N–H and O–H groups in total. The molecule has 1 aromatic carbocycles. The fraction of sp³-hybridized carbons (Fsp3) is 0.286. The summed E-state index contributed by atoms with van der Waals surface area (Å²) in [6.45, 7) is 2.32. The predicted molar refractivity (Wildman–Crippen MR) is 102 cm³/mol. The average molecular weight is 366 g/mol. The Labute approximate surface area is 158 Å². The Hall–Kier alpha value is -3.15. The van der Waals surface area contributed by atoms with E-state index in [1.54, 1.807) is 32.4 Å². The lowest BCUT2D eigenvalue weighted by atomic mass is 9.89. The zero-order chi connectivity index (χ0) is 19.4. The van der Waals surface area contributed by atoms with Gasteiger partial charge in [-0.2, -0.15) is 0 Å². The van der Waals surface area contributed by atoms with Gasteiger partial charge in [0.15, 0.2) is 0 Å². The predicted octanol–water partition coefficient (Wildman–Crippen LogP) is 2.71. The fourth-order valence-electron chi connectivity index (χ4n) is 3.05. The largest absolute Gasteiger partial charge is 0.500 e. The third kappa shape index (κ3) is 4.00. The Morgan fingerprint density at radius 1 is 1.15 bits per heavy atom. The lowest BCUT2D eigenvalue weighted by molar-refractivity contribution is -0.114. The zero-order valence-electron chi connectivity index (χ0n) is 15.6. The average Bonchev–Trinajstić information content (AvgIpc) is 2.68. The van der Waals surface area contributed by atoms with E-state index < -0.39 is 0 Å². The topological polar surface area (TPSA) is 77.0 Å². The SMILES string of the molecule is COC1=CC=C(OC)C2C=C(CCNC(=O)c3ccc(C)cc3)C(=O)N=C12. The van der Waals surface area contributed by atoms with Crippen LogP contribution >= 0.6 is 0 Å². The minimum atomic E-state index is -0.314. The Balaban J connectivity index is 1.66. The number of amides is 2. The van der Waals surface area contributed by atoms with Crippen molar-refractivity contribution in [3.63, 3.8) is 0 Å². The number of aryl methyl sites for hydroxylation is 1. The van der Waals surface area contributed by atoms with Gasteiger partial charge in [-0.1, -0.05) is 23.8 Å². The van der Waals surface area contributed by atoms with E-state index in [0.717, 1.165) is 5.56 Å². The third-order valence-electron chi connectivity index (χ3n) is 4.57. The number of nitrogens with one attached hydrogen (secondary N) is 1. The summed E-state index contributed by atoms with van der Waals surface area (Å²) in [7, 11) is 3.13. The number of aliphatic imine (C=N–C) groups is 1. The van der Waals surface area contributed by atoms with Gasteiger partial charge >= 0.3 is 0 Å². The van der Waals surface area contributed by atoms with Crippen LogP contribution in [0.3, 0.4) is 0 Å². The number of carbonyl (C=O) groups excluding carboxylic acids is 2. The maximum Gasteiger partial charge on any atom is 0.273 e. The monoisotopic (exact) mass is 366 g/mol. The zero-order valence-corrected chi connectivity index (χ0v) is 15.6. The number of ether oxygens (including phenoxy) is 2. The first-order valence-electron chi connectivity index (χ1n) is 8.72. The van der Waals surface area contributed by atoms with E-state index in [1.807, 2.05) is 31.2 Å². The van der Waals surface area contributed by atoms with Crippen molar-refractivity contribution in [3.05, 3.63) is 70.7 Å². The van der Waals surface area contributed by atoms with Gasteiger partial charge in [0.1, 0.15) is 17.2 Å². The van der Waals surface area contributed by atoms with Gasteiger partial charge in [0.05, 0.1) is 20.1 Å². The molecular weight excluding hydrogens is 344 g/mol. The van der Waals surface area contributed by atoms with Crippen LogP contribution in [0.25, 0.3) is 0 Å². The minimum absolute atomic E-state index is 0.164. The number of hydrogen-bond acceptors (Lipinski definition) is 4. The molecule has 2 aliphatic rings. The normalized spacial score (nSPS) is 18.5. The van der Waals surface area contributed by atoms with E-state index in [2.05, 4.69) is 10.3 Å². The molecule has 0 saturated carbocycles. The van der Waals surface area contributed by atoms with Gasteiger partial charge in [-0.05, 0) is 37.6 Å². The standard InChI is InChI=1S/C21H22N2O4/c1-13-4-6-14(7-5-13)20(24)22-11-10-15-12-16-17(26-2)8-9-18(27-3)19(16)23-21(15)25/h4-9,12,16H,10-11H2,1-3H3,(H,22,24). The Bertz CT molecular complexity index is 876. The van der Waals surface area contributed by atoms with Crippen LogP contribution in [-0.4, -0.2) is 38.3 Å². The number of methoxy groups -OCH3 is 2. The molecule has 0 bridgehead atoms. The fourth-order valence-corrected chi connectivity index (χ4v) is 3.05. The highest BCUT2D eigenvalue weighted by molar-refractivity contribution is 6.15. The minimum Gasteiger partial charge on any atom is -0.500 e. The second kappa shape index (κ2) is 8.03. The number of allylic oxidation sites excluding steroid dienone is 4. The van der Waals surface area contributed by atoms with Crippen LogP contribution in [0.15, 0.2) is 64.6 Å². The summed E-state index contributed by atoms with van der Waals surface area (Å²) < 4.78 is 10.7. The summed E-state index contributed by atoms with van der Waals surface area (Å²) in [5, 5.41) is 2.84. The number of dihydropyridines is 1. The summed E-state index contributed by atoms with van der Waals surface area (Å²) in [6, 6.07) is 7.34. The molecule has 0 saturated heterocycles. The number of hydrogen-bond donors (Lipinski definition) is 1. The van der Waals surface area contributed by atoms with Crippen molar-refractivity contribution < 1.29 is 19.1 Å². The second-order valence-corrected chi connectivity index (χ2v) is 6.35. The van der Waals surface area contributed by atoms with E-state index in [4.69, 9.17) is 9.47 Å². The first-order chi connectivity index (χ1) is 13.0. The van der Waals surface area contributed by atoms with E-state index in [1.165, 1.54) is 0 Å². The van der Waals surface area contributed by atoms with Crippen molar-refractivity contribution in [3.8, 4) is 0 Å². The Kier molecular flexibility index (Phi) is 5.54. The van der Waals surface area contributed by atoms with Gasteiger partial charge in [-0.3, -0.25) is 9.59 Å². The number of fused-ring (bicyclic) bond motifs is 1. The molecule has 1 atom stereocenters. The summed E-state index contributed by atoms with van der Waals surface area (Å²) in [5.41, 5.74) is 2.79. The summed E-state index contributed by atoms with van der Waals surface area (Å²) in [4.78, 5) is 28.8. The van der Waals surface area contributed by atoms with Crippen LogP contribution in [-0.2, 0) is 14.3 Å². The highest BCUT2D eigenvalue weighted by Crippen LogP contribution is 2.30. The van der Waals surface area contributed by atoms with Crippen LogP contribution in [0, 0.1) is 12.8 Å². The van der Waals surface area contributed by atoms with Gasteiger partial charge in [0, 0.05) is 17.7 Å². The van der Waals surface area contributed by atoms with Crippen molar-refractivity contribution in [2.24, 2.45) is 10.9 Å². The second-order valence-electron chi connectivity index (χ2n) is 6.35. The molecule has 1 heterocycles. The third-order valence-corrected chi connectivity index (χ3v) is 4.57. The van der Waals surface area contributed by atoms with Gasteiger partial charge in [0.2, 0.25) is 0 Å². The molecule has 0 radical (unpaired) electrons. The van der Waals surface area contributed by atoms with Crippen molar-refractivity contribution in [2.45, 2.75) is 13.3 Å². The quantitative estimate of drug-likeness (QED) is 0.840. The van der Waals surface area contributed by atoms with Gasteiger partial charge in [-0.15, -0.1) is 0 Å². The first kappa shape index (κ1) is 18.6. The van der Waals surface area contributed by atoms with E-state index in [-0.39, 0.29) is 17.7 Å². The van der Waals surface area contributed by atoms with Gasteiger partial charge in [-0.25, -0.2) is 4.99 Å². The summed E-state index contributed by atoms with van der Waals surface area (Å²) >= 11 is 0. The molecular formula is C21H22N2O4. The van der Waals surface area contributed by atoms with Crippen LogP contribution < -0.4 is 5.32 Å². The lowest BCUT2D eigenvalue weighted by Crippen LogP contribution is -2.30. The number of nitrogens with zero attached hydrogens (tertiary/aromatic N) is 1. The van der Waals surface area contributed by atoms with E-state index in [0.29, 0.717) is 41.3 Å². The molecule has 6 nitrogen and oxygen atoms in total. The molecule has 0 aromatic heterocycles. The van der Waals surface area contributed by atoms with Gasteiger partial charge in [0.25, 0.3) is 11.8 Å². The lowest BCUT2D eigenvalue weighted by Gasteiger charge is -2.26. The van der Waals surface area contributed by atoms with Crippen molar-refractivity contribution >= 4 is 17.5 Å². The van der Waals surface area contributed by atoms with Crippen molar-refractivity contribution in [2.75, 3.05) is 20.8 Å². The molecule has 1 aliphatic carbocycles. The number of benzene rings is 1. The van der Waals surface area contributed by atoms with E-state index >= 15 is 0 Å². The molecule has 1 aromatic rings. The molecule has 3 rings (SSSR count). The molecule has 1 aliphatic heterocycles. The van der Waals surface area contributed by atoms with Crippen LogP contribution in [0.2, 0.25) is 0 Å². The van der Waals surface area contributed by atoms with Crippen molar-refractivity contribution in [1.29, 1.82) is 0 Å². The Morgan fingerprint density at radius 2 is 1.89 bits per heavy atom. The van der Waals surface area contributed by atoms with Crippen molar-refractivity contribution in [1.82, 2.24) is 5.32 Å². The molecule has 0 spiro atoms. The summed E-state index contributed by atoms with van der Waals surface area (Å²) in [5.74, 6) is 0.518. The summed E-state index contributed by atoms with van der Waals surface area (Å²) in [6.07, 6.45) is 5.78. The maximum absolute atomic E-state index is 12.4. The molecule has 2 amide bonds. The molecule has 27 heavy (non-hydrogen) atoms. The highest BCUT2D eigenvalue weighted by Gasteiger charge is 2.32. The maximum atomic E-state index is 12.4. The first-order valence-corrected chi connectivity index (χ1v) is 8.72. The number of rotatable bonds is 6. The highest BCUT2D eigenvalue weighted by atomic mass is 16.5. The van der Waals surface area contributed by atoms with Crippen LogP contribution in [0.1, 0.15) is 22.3 Å². The van der Waals surface area contributed by atoms with E-state index in [9.17, 15) is 9.59 Å². The molecule has 1 unspecified atom stereocenters. The Morgan fingerprint density at radius 3 is 2.56 bits per heavy atom. The van der Waals surface area contributed by atoms with Gasteiger partial charge < -0.3 is 14.8 Å².